The summed E-state index contributed by atoms with van der Waals surface area (Å²) in [6.45, 7) is 5.69. The van der Waals surface area contributed by atoms with Gasteiger partial charge in [0.2, 0.25) is 0 Å². The van der Waals surface area contributed by atoms with Gasteiger partial charge in [0.25, 0.3) is 0 Å². The second kappa shape index (κ2) is 6.76. The topological polar surface area (TPSA) is 61.6 Å². The quantitative estimate of drug-likeness (QED) is 0.711. The molecule has 0 saturated carbocycles. The molecule has 0 aromatic carbocycles. The summed E-state index contributed by atoms with van der Waals surface area (Å²) < 4.78 is 27.2. The highest BCUT2D eigenvalue weighted by molar-refractivity contribution is 7.84. The van der Waals surface area contributed by atoms with Crippen LogP contribution in [0.4, 0.5) is 0 Å². The van der Waals surface area contributed by atoms with Crippen molar-refractivity contribution >= 4 is 10.1 Å². The van der Waals surface area contributed by atoms with Crippen molar-refractivity contribution in [2.75, 3.05) is 12.8 Å². The predicted octanol–water partition coefficient (Wildman–Crippen LogP) is 0.264. The fourth-order valence-corrected chi connectivity index (χ4v) is 1.35. The van der Waals surface area contributed by atoms with E-state index in [1.54, 1.807) is 4.90 Å². The highest BCUT2D eigenvalue weighted by atomic mass is 32.2. The van der Waals surface area contributed by atoms with Gasteiger partial charge in [-0.1, -0.05) is 13.8 Å². The first kappa shape index (κ1) is 14.3. The Balaban J connectivity index is 0.000000336. The molecule has 15 heavy (non-hydrogen) atoms. The molecule has 0 saturated heterocycles. The summed E-state index contributed by atoms with van der Waals surface area (Å²) in [6.07, 6.45) is 9.67. The van der Waals surface area contributed by atoms with Crippen molar-refractivity contribution in [1.29, 1.82) is 0 Å². The first-order valence-electron chi connectivity index (χ1n) is 5.02. The Morgan fingerprint density at radius 3 is 2.33 bits per heavy atom. The molecule has 1 unspecified atom stereocenters. The van der Waals surface area contributed by atoms with Crippen molar-refractivity contribution in [2.45, 2.75) is 26.7 Å². The number of quaternary nitrogens is 1. The Labute approximate surface area is 92.0 Å². The predicted molar refractivity (Wildman–Crippen MR) is 59.3 cm³/mol. The van der Waals surface area contributed by atoms with Crippen LogP contribution < -0.4 is 4.90 Å². The molecule has 0 bridgehead atoms. The smallest absolute Gasteiger partial charge is 0.112 e. The standard InChI is InChI=1S/C9H15N.CH4O3S/c1-3-7-10-8-5-6-9(10)4-2;1-5(2,3)4/h5-6,8H,3-4,7H2,1-2H3;1H3,(H,2,3,4). The van der Waals surface area contributed by atoms with Crippen molar-refractivity contribution < 1.29 is 17.9 Å². The van der Waals surface area contributed by atoms with Crippen molar-refractivity contribution in [3.8, 4) is 0 Å². The van der Waals surface area contributed by atoms with Crippen LogP contribution in [0.2, 0.25) is 0 Å². The lowest BCUT2D eigenvalue weighted by molar-refractivity contribution is -0.803. The Bertz CT molecular complexity index is 323. The molecule has 5 heteroatoms. The van der Waals surface area contributed by atoms with Crippen LogP contribution in [0.5, 0.6) is 0 Å². The van der Waals surface area contributed by atoms with E-state index in [4.69, 9.17) is 13.0 Å². The molecular weight excluding hydrogens is 214 g/mol. The molecule has 0 radical (unpaired) electrons. The maximum Gasteiger partial charge on any atom is 0.112 e. The summed E-state index contributed by atoms with van der Waals surface area (Å²) in [7, 11) is -3.92. The van der Waals surface area contributed by atoms with Gasteiger partial charge in [-0.2, -0.15) is 0 Å². The molecule has 0 aromatic heterocycles. The van der Waals surface area contributed by atoms with Crippen LogP contribution in [0.15, 0.2) is 24.0 Å². The summed E-state index contributed by atoms with van der Waals surface area (Å²) in [4.78, 5) is 1.55. The molecule has 0 fully saturated rings. The third-order valence-electron chi connectivity index (χ3n) is 1.91. The van der Waals surface area contributed by atoms with Gasteiger partial charge in [0, 0.05) is 18.8 Å². The van der Waals surface area contributed by atoms with Crippen LogP contribution >= 0.6 is 0 Å². The molecule has 88 valence electrons. The van der Waals surface area contributed by atoms with Crippen LogP contribution in [0.3, 0.4) is 0 Å². The number of allylic oxidation sites excluding steroid dienone is 3. The normalized spacial score (nSPS) is 19.5. The number of nitrogens with one attached hydrogen (secondary N) is 1. The van der Waals surface area contributed by atoms with Gasteiger partial charge in [0.1, 0.15) is 5.70 Å². The van der Waals surface area contributed by atoms with Gasteiger partial charge >= 0.3 is 0 Å². The largest absolute Gasteiger partial charge is 0.748 e. The van der Waals surface area contributed by atoms with E-state index in [0.717, 1.165) is 0 Å². The minimum Gasteiger partial charge on any atom is -0.748 e. The fraction of sp³-hybridized carbons (Fsp3) is 0.600. The Hall–Kier alpha value is -0.650. The summed E-state index contributed by atoms with van der Waals surface area (Å²) in [5.74, 6) is 0. The zero-order valence-electron chi connectivity index (χ0n) is 9.49. The minimum atomic E-state index is -3.92. The fourth-order valence-electron chi connectivity index (χ4n) is 1.35. The lowest BCUT2D eigenvalue weighted by atomic mass is 10.3. The molecule has 0 aliphatic carbocycles. The Kier molecular flexibility index (Phi) is 6.47. The van der Waals surface area contributed by atoms with Gasteiger partial charge in [-0.25, -0.2) is 8.42 Å². The summed E-state index contributed by atoms with van der Waals surface area (Å²) in [5.41, 5.74) is 1.53. The molecule has 4 nitrogen and oxygen atoms in total. The van der Waals surface area contributed by atoms with Crippen LogP contribution in [-0.4, -0.2) is 25.8 Å². The molecule has 1 rings (SSSR count). The van der Waals surface area contributed by atoms with Crippen molar-refractivity contribution in [2.24, 2.45) is 0 Å². The molecule has 0 aromatic rings. The summed E-state index contributed by atoms with van der Waals surface area (Å²) >= 11 is 0. The molecule has 0 amide bonds. The average molecular weight is 233 g/mol. The maximum absolute atomic E-state index is 9.08. The van der Waals surface area contributed by atoms with Crippen molar-refractivity contribution in [3.05, 3.63) is 24.0 Å². The first-order chi connectivity index (χ1) is 6.88. The average Bonchev–Trinajstić information content (AvgIpc) is 2.49. The van der Waals surface area contributed by atoms with Crippen LogP contribution in [0.1, 0.15) is 26.7 Å². The molecule has 1 N–H and O–H groups in total. The van der Waals surface area contributed by atoms with Crippen LogP contribution in [0, 0.1) is 0 Å². The van der Waals surface area contributed by atoms with Gasteiger partial charge in [0.15, 0.2) is 0 Å². The second-order valence-corrected chi connectivity index (χ2v) is 4.79. The van der Waals surface area contributed by atoms with Gasteiger partial charge < -0.3 is 4.55 Å². The molecule has 0 spiro atoms. The SMILES string of the molecule is CCC[NH+]1C=CC=C1CC.CS(=O)(=O)[O-]. The van der Waals surface area contributed by atoms with Crippen molar-refractivity contribution in [1.82, 2.24) is 0 Å². The van der Waals surface area contributed by atoms with Crippen LogP contribution in [0.25, 0.3) is 0 Å². The van der Waals surface area contributed by atoms with E-state index in [2.05, 4.69) is 32.2 Å². The Morgan fingerprint density at radius 1 is 1.40 bits per heavy atom. The van der Waals surface area contributed by atoms with Crippen LogP contribution in [-0.2, 0) is 10.1 Å². The van der Waals surface area contributed by atoms with E-state index in [1.807, 2.05) is 0 Å². The van der Waals surface area contributed by atoms with E-state index < -0.39 is 10.1 Å². The van der Waals surface area contributed by atoms with Gasteiger partial charge in [-0.15, -0.1) is 0 Å². The second-order valence-electron chi connectivity index (χ2n) is 3.38. The summed E-state index contributed by atoms with van der Waals surface area (Å²) in [5, 5.41) is 0. The lowest BCUT2D eigenvalue weighted by Crippen LogP contribution is -3.04. The maximum atomic E-state index is 9.08. The Morgan fingerprint density at radius 2 is 1.93 bits per heavy atom. The van der Waals surface area contributed by atoms with Gasteiger partial charge in [0.05, 0.1) is 22.9 Å². The summed E-state index contributed by atoms with van der Waals surface area (Å²) in [6, 6.07) is 0. The highest BCUT2D eigenvalue weighted by Gasteiger charge is 2.12. The number of rotatable bonds is 3. The molecule has 1 atom stereocenters. The minimum absolute atomic E-state index is 0.604. The van der Waals surface area contributed by atoms with E-state index in [1.165, 1.54) is 25.1 Å². The third kappa shape index (κ3) is 8.35. The molecule has 1 aliphatic rings. The van der Waals surface area contributed by atoms with E-state index in [-0.39, 0.29) is 0 Å². The monoisotopic (exact) mass is 233 g/mol. The van der Waals surface area contributed by atoms with E-state index >= 15 is 0 Å². The van der Waals surface area contributed by atoms with Gasteiger partial charge in [-0.3, -0.25) is 4.90 Å². The van der Waals surface area contributed by atoms with Crippen molar-refractivity contribution in [3.63, 3.8) is 0 Å². The first-order valence-corrected chi connectivity index (χ1v) is 6.84. The zero-order chi connectivity index (χ0) is 11.9. The van der Waals surface area contributed by atoms with E-state index in [9.17, 15) is 0 Å². The lowest BCUT2D eigenvalue weighted by Gasteiger charge is -2.10. The zero-order valence-corrected chi connectivity index (χ0v) is 10.3. The third-order valence-corrected chi connectivity index (χ3v) is 1.91. The van der Waals surface area contributed by atoms with Gasteiger partial charge in [-0.05, 0) is 12.5 Å². The number of hydrogen-bond donors (Lipinski definition) is 1. The molecule has 1 aliphatic heterocycles. The number of hydrogen-bond acceptors (Lipinski definition) is 3. The molecular formula is C10H19NO3S. The van der Waals surface area contributed by atoms with E-state index in [0.29, 0.717) is 6.26 Å². The molecule has 1 heterocycles. The highest BCUT2D eigenvalue weighted by Crippen LogP contribution is 1.95.